The molecule has 7 nitrogen and oxygen atoms in total. The van der Waals surface area contributed by atoms with Crippen LogP contribution in [0.4, 0.5) is 5.69 Å². The van der Waals surface area contributed by atoms with E-state index in [0.717, 1.165) is 13.0 Å². The zero-order valence-corrected chi connectivity index (χ0v) is 14.6. The second-order valence-corrected chi connectivity index (χ2v) is 6.42. The normalized spacial score (nSPS) is 23.0. The van der Waals surface area contributed by atoms with E-state index in [1.807, 2.05) is 0 Å². The second kappa shape index (κ2) is 7.74. The van der Waals surface area contributed by atoms with Crippen LogP contribution in [0.1, 0.15) is 12.8 Å². The summed E-state index contributed by atoms with van der Waals surface area (Å²) in [6.07, 6.45) is 1.20. The number of methoxy groups -OCH3 is 2. The van der Waals surface area contributed by atoms with Crippen LogP contribution in [-0.2, 0) is 14.3 Å². The van der Waals surface area contributed by atoms with Gasteiger partial charge in [0.1, 0.15) is 0 Å². The number of nitrogens with one attached hydrogen (secondary N) is 1. The summed E-state index contributed by atoms with van der Waals surface area (Å²) in [5, 5.41) is 2.96. The third-order valence-electron chi connectivity index (χ3n) is 4.76. The van der Waals surface area contributed by atoms with E-state index in [1.54, 1.807) is 37.3 Å². The third-order valence-corrected chi connectivity index (χ3v) is 4.76. The van der Waals surface area contributed by atoms with Crippen molar-refractivity contribution < 1.29 is 23.8 Å². The third kappa shape index (κ3) is 3.87. The highest BCUT2D eigenvalue weighted by Gasteiger charge is 2.35. The first-order chi connectivity index (χ1) is 12.1. The Morgan fingerprint density at radius 2 is 2.12 bits per heavy atom. The lowest BCUT2D eigenvalue weighted by Crippen LogP contribution is -2.36. The van der Waals surface area contributed by atoms with Crippen LogP contribution in [0, 0.1) is 11.8 Å². The zero-order valence-electron chi connectivity index (χ0n) is 14.6. The number of benzene rings is 1. The average Bonchev–Trinajstić information content (AvgIpc) is 3.28. The maximum Gasteiger partial charge on any atom is 0.227 e. The van der Waals surface area contributed by atoms with Gasteiger partial charge in [0.05, 0.1) is 26.7 Å². The van der Waals surface area contributed by atoms with Gasteiger partial charge in [-0.2, -0.15) is 0 Å². The van der Waals surface area contributed by atoms with Crippen molar-refractivity contribution in [3.63, 3.8) is 0 Å². The smallest absolute Gasteiger partial charge is 0.227 e. The van der Waals surface area contributed by atoms with Gasteiger partial charge in [-0.05, 0) is 18.6 Å². The molecule has 0 bridgehead atoms. The van der Waals surface area contributed by atoms with E-state index in [-0.39, 0.29) is 24.2 Å². The molecule has 136 valence electrons. The van der Waals surface area contributed by atoms with Crippen LogP contribution in [0.3, 0.4) is 0 Å². The van der Waals surface area contributed by atoms with Gasteiger partial charge in [0, 0.05) is 43.8 Å². The molecule has 2 fully saturated rings. The van der Waals surface area contributed by atoms with Gasteiger partial charge in [-0.15, -0.1) is 0 Å². The SMILES string of the molecule is COc1ccc(N2C[C@H](C(=O)NC[C@H]3CCOC3)CC2=O)cc1OC. The molecular weight excluding hydrogens is 324 g/mol. The highest BCUT2D eigenvalue weighted by Crippen LogP contribution is 2.34. The van der Waals surface area contributed by atoms with Crippen LogP contribution in [0.5, 0.6) is 11.5 Å². The van der Waals surface area contributed by atoms with E-state index in [0.29, 0.717) is 42.8 Å². The first kappa shape index (κ1) is 17.5. The maximum absolute atomic E-state index is 12.4. The van der Waals surface area contributed by atoms with Crippen LogP contribution in [0.2, 0.25) is 0 Å². The second-order valence-electron chi connectivity index (χ2n) is 6.42. The number of nitrogens with zero attached hydrogens (tertiary/aromatic N) is 1. The predicted octanol–water partition coefficient (Wildman–Crippen LogP) is 1.21. The van der Waals surface area contributed by atoms with Crippen LogP contribution in [0.25, 0.3) is 0 Å². The summed E-state index contributed by atoms with van der Waals surface area (Å²) in [6, 6.07) is 5.32. The minimum atomic E-state index is -0.331. The Kier molecular flexibility index (Phi) is 5.43. The molecule has 25 heavy (non-hydrogen) atoms. The number of carbonyl (C=O) groups excluding carboxylic acids is 2. The molecule has 0 spiro atoms. The number of rotatable bonds is 6. The Labute approximate surface area is 147 Å². The highest BCUT2D eigenvalue weighted by molar-refractivity contribution is 6.00. The van der Waals surface area contributed by atoms with Crippen molar-refractivity contribution in [2.24, 2.45) is 11.8 Å². The van der Waals surface area contributed by atoms with E-state index in [9.17, 15) is 9.59 Å². The molecule has 1 aromatic carbocycles. The Hall–Kier alpha value is -2.28. The minimum Gasteiger partial charge on any atom is -0.493 e. The average molecular weight is 348 g/mol. The quantitative estimate of drug-likeness (QED) is 0.836. The van der Waals surface area contributed by atoms with Crippen molar-refractivity contribution in [2.75, 3.05) is 45.4 Å². The van der Waals surface area contributed by atoms with E-state index >= 15 is 0 Å². The first-order valence-corrected chi connectivity index (χ1v) is 8.50. The van der Waals surface area contributed by atoms with Crippen LogP contribution in [-0.4, -0.2) is 52.3 Å². The summed E-state index contributed by atoms with van der Waals surface area (Å²) in [7, 11) is 3.12. The van der Waals surface area contributed by atoms with Crippen molar-refractivity contribution in [1.29, 1.82) is 0 Å². The number of amides is 2. The molecular formula is C18H24N2O5. The molecule has 2 aliphatic rings. The van der Waals surface area contributed by atoms with Crippen LogP contribution < -0.4 is 19.7 Å². The van der Waals surface area contributed by atoms with Gasteiger partial charge in [0.25, 0.3) is 0 Å². The van der Waals surface area contributed by atoms with Gasteiger partial charge in [-0.25, -0.2) is 0 Å². The molecule has 2 atom stereocenters. The summed E-state index contributed by atoms with van der Waals surface area (Å²) in [4.78, 5) is 26.4. The largest absolute Gasteiger partial charge is 0.493 e. The fourth-order valence-electron chi connectivity index (χ4n) is 3.26. The van der Waals surface area contributed by atoms with E-state index in [2.05, 4.69) is 5.32 Å². The molecule has 1 N–H and O–H groups in total. The Balaban J connectivity index is 1.62. The summed E-state index contributed by atoms with van der Waals surface area (Å²) in [5.41, 5.74) is 0.710. The number of ether oxygens (including phenoxy) is 3. The van der Waals surface area contributed by atoms with Crippen molar-refractivity contribution in [3.05, 3.63) is 18.2 Å². The molecule has 1 aromatic rings. The van der Waals surface area contributed by atoms with E-state index in [1.165, 1.54) is 0 Å². The monoisotopic (exact) mass is 348 g/mol. The van der Waals surface area contributed by atoms with Crippen molar-refractivity contribution in [3.8, 4) is 11.5 Å². The standard InChI is InChI=1S/C18H24N2O5/c1-23-15-4-3-14(8-16(15)24-2)20-10-13(7-17(20)21)18(22)19-9-12-5-6-25-11-12/h3-4,8,12-13H,5-7,9-11H2,1-2H3,(H,19,22)/t12-,13-/m1/s1. The number of anilines is 1. The Bertz CT molecular complexity index is 642. The molecule has 2 aliphatic heterocycles. The van der Waals surface area contributed by atoms with Crippen molar-refractivity contribution in [2.45, 2.75) is 12.8 Å². The number of hydrogen-bond donors (Lipinski definition) is 1. The number of carbonyl (C=O) groups is 2. The lowest BCUT2D eigenvalue weighted by molar-refractivity contribution is -0.126. The van der Waals surface area contributed by atoms with Gasteiger partial charge < -0.3 is 24.4 Å². The molecule has 0 radical (unpaired) electrons. The Morgan fingerprint density at radius 1 is 1.32 bits per heavy atom. The van der Waals surface area contributed by atoms with Gasteiger partial charge in [0.2, 0.25) is 11.8 Å². The molecule has 0 aromatic heterocycles. The summed E-state index contributed by atoms with van der Waals surface area (Å²) in [6.45, 7) is 2.44. The molecule has 7 heteroatoms. The van der Waals surface area contributed by atoms with Gasteiger partial charge in [-0.3, -0.25) is 9.59 Å². The summed E-state index contributed by atoms with van der Waals surface area (Å²) >= 11 is 0. The first-order valence-electron chi connectivity index (χ1n) is 8.50. The molecule has 2 heterocycles. The molecule has 2 saturated heterocycles. The summed E-state index contributed by atoms with van der Waals surface area (Å²) < 4.78 is 15.8. The molecule has 0 aliphatic carbocycles. The zero-order chi connectivity index (χ0) is 17.8. The minimum absolute atomic E-state index is 0.0587. The fourth-order valence-corrected chi connectivity index (χ4v) is 3.26. The van der Waals surface area contributed by atoms with Crippen molar-refractivity contribution in [1.82, 2.24) is 5.32 Å². The maximum atomic E-state index is 12.4. The topological polar surface area (TPSA) is 77.1 Å². The Morgan fingerprint density at radius 3 is 2.80 bits per heavy atom. The molecule has 0 saturated carbocycles. The molecule has 0 unspecified atom stereocenters. The molecule has 3 rings (SSSR count). The number of hydrogen-bond acceptors (Lipinski definition) is 5. The van der Waals surface area contributed by atoms with Gasteiger partial charge in [-0.1, -0.05) is 0 Å². The highest BCUT2D eigenvalue weighted by atomic mass is 16.5. The van der Waals surface area contributed by atoms with Gasteiger partial charge in [0.15, 0.2) is 11.5 Å². The van der Waals surface area contributed by atoms with Gasteiger partial charge >= 0.3 is 0 Å². The lowest BCUT2D eigenvalue weighted by Gasteiger charge is -2.19. The van der Waals surface area contributed by atoms with E-state index < -0.39 is 0 Å². The van der Waals surface area contributed by atoms with Crippen molar-refractivity contribution >= 4 is 17.5 Å². The predicted molar refractivity (Wildman–Crippen MR) is 91.9 cm³/mol. The summed E-state index contributed by atoms with van der Waals surface area (Å²) in [5.74, 6) is 1.08. The van der Waals surface area contributed by atoms with E-state index in [4.69, 9.17) is 14.2 Å². The van der Waals surface area contributed by atoms with Crippen LogP contribution in [0.15, 0.2) is 18.2 Å². The lowest BCUT2D eigenvalue weighted by atomic mass is 10.1. The van der Waals surface area contributed by atoms with Crippen LogP contribution >= 0.6 is 0 Å². The molecule has 2 amide bonds. The fraction of sp³-hybridized carbons (Fsp3) is 0.556.